The number of aliphatic imine (C=N–C) groups is 1. The molecule has 116 valence electrons. The van der Waals surface area contributed by atoms with Crippen LogP contribution in [0.1, 0.15) is 25.1 Å². The van der Waals surface area contributed by atoms with Gasteiger partial charge in [-0.25, -0.2) is 0 Å². The third kappa shape index (κ3) is 8.31. The van der Waals surface area contributed by atoms with Crippen molar-refractivity contribution in [3.63, 3.8) is 0 Å². The largest absolute Gasteiger partial charge is 0.385 e. The summed E-state index contributed by atoms with van der Waals surface area (Å²) in [5.74, 6) is 2.10. The number of rotatable bonds is 8. The number of aryl methyl sites for hydroxylation is 1. The molecular weight excluding hydrogens is 373 g/mol. The van der Waals surface area contributed by atoms with Gasteiger partial charge in [0.25, 0.3) is 0 Å². The lowest BCUT2D eigenvalue weighted by atomic mass is 10.4. The van der Waals surface area contributed by atoms with Crippen molar-refractivity contribution in [3.05, 3.63) is 11.7 Å². The van der Waals surface area contributed by atoms with Gasteiger partial charge in [-0.3, -0.25) is 4.99 Å². The van der Waals surface area contributed by atoms with E-state index in [4.69, 9.17) is 9.26 Å². The van der Waals surface area contributed by atoms with E-state index < -0.39 is 0 Å². The molecule has 0 saturated heterocycles. The van der Waals surface area contributed by atoms with Crippen LogP contribution in [-0.2, 0) is 11.2 Å². The van der Waals surface area contributed by atoms with Gasteiger partial charge in [-0.1, -0.05) is 5.16 Å². The molecule has 8 heteroatoms. The maximum Gasteiger partial charge on any atom is 0.228 e. The molecule has 1 heterocycles. The highest BCUT2D eigenvalue weighted by Gasteiger charge is 2.03. The van der Waals surface area contributed by atoms with Crippen molar-refractivity contribution in [1.29, 1.82) is 0 Å². The molecule has 1 aromatic rings. The van der Waals surface area contributed by atoms with Crippen molar-refractivity contribution in [1.82, 2.24) is 20.8 Å². The number of halogens is 1. The van der Waals surface area contributed by atoms with Crippen LogP contribution in [0.25, 0.3) is 0 Å². The molecule has 1 aromatic heterocycles. The molecule has 0 aliphatic carbocycles. The Morgan fingerprint density at radius 3 is 2.80 bits per heavy atom. The van der Waals surface area contributed by atoms with Gasteiger partial charge in [0.15, 0.2) is 11.8 Å². The summed E-state index contributed by atoms with van der Waals surface area (Å²) in [4.78, 5) is 8.58. The summed E-state index contributed by atoms with van der Waals surface area (Å²) in [7, 11) is 1.69. The van der Waals surface area contributed by atoms with Crippen LogP contribution in [0.15, 0.2) is 9.52 Å². The van der Waals surface area contributed by atoms with Gasteiger partial charge in [-0.05, 0) is 20.3 Å². The molecule has 7 nitrogen and oxygen atoms in total. The Hall–Kier alpha value is -0.900. The molecule has 0 fully saturated rings. The predicted octanol–water partition coefficient (Wildman–Crippen LogP) is 1.13. The normalized spacial score (nSPS) is 11.1. The summed E-state index contributed by atoms with van der Waals surface area (Å²) in [6.45, 7) is 6.84. The highest BCUT2D eigenvalue weighted by Crippen LogP contribution is 1.95. The first kappa shape index (κ1) is 19.1. The molecule has 0 saturated carbocycles. The zero-order valence-corrected chi connectivity index (χ0v) is 14.6. The molecule has 20 heavy (non-hydrogen) atoms. The molecule has 0 unspecified atom stereocenters. The van der Waals surface area contributed by atoms with Crippen LogP contribution in [0.5, 0.6) is 0 Å². The first-order valence-electron chi connectivity index (χ1n) is 6.56. The van der Waals surface area contributed by atoms with E-state index in [0.29, 0.717) is 24.7 Å². The van der Waals surface area contributed by atoms with Crippen molar-refractivity contribution < 1.29 is 9.26 Å². The van der Waals surface area contributed by atoms with E-state index in [1.165, 1.54) is 0 Å². The Balaban J connectivity index is 0.00000361. The second-order valence-electron chi connectivity index (χ2n) is 4.02. The number of nitrogens with zero attached hydrogens (tertiary/aromatic N) is 3. The summed E-state index contributed by atoms with van der Waals surface area (Å²) >= 11 is 0. The minimum Gasteiger partial charge on any atom is -0.385 e. The van der Waals surface area contributed by atoms with Crippen LogP contribution in [0.3, 0.4) is 0 Å². The zero-order chi connectivity index (χ0) is 13.9. The number of aromatic nitrogens is 2. The first-order chi connectivity index (χ1) is 9.26. The third-order valence-electron chi connectivity index (χ3n) is 2.32. The fourth-order valence-corrected chi connectivity index (χ4v) is 1.47. The number of guanidine groups is 1. The van der Waals surface area contributed by atoms with Crippen LogP contribution in [0.4, 0.5) is 0 Å². The summed E-state index contributed by atoms with van der Waals surface area (Å²) < 4.78 is 10.0. The van der Waals surface area contributed by atoms with Gasteiger partial charge in [-0.15, -0.1) is 24.0 Å². The van der Waals surface area contributed by atoms with Crippen molar-refractivity contribution in [2.24, 2.45) is 4.99 Å². The Labute approximate surface area is 137 Å². The number of ether oxygens (including phenoxy) is 1. The van der Waals surface area contributed by atoms with Crippen LogP contribution in [0, 0.1) is 6.92 Å². The van der Waals surface area contributed by atoms with Gasteiger partial charge in [0, 0.05) is 39.8 Å². The van der Waals surface area contributed by atoms with Gasteiger partial charge in [0.05, 0.1) is 0 Å². The van der Waals surface area contributed by atoms with Crippen LogP contribution in [-0.4, -0.2) is 49.5 Å². The maximum absolute atomic E-state index is 5.04. The number of hydrogen-bond acceptors (Lipinski definition) is 5. The Kier molecular flexibility index (Phi) is 11.4. The SMILES string of the molecule is CCNC(=NCCCOC)NCCc1nc(C)no1.I. The van der Waals surface area contributed by atoms with E-state index >= 15 is 0 Å². The van der Waals surface area contributed by atoms with E-state index in [-0.39, 0.29) is 24.0 Å². The molecular formula is C12H24IN5O2. The molecule has 0 amide bonds. The molecule has 0 aliphatic rings. The summed E-state index contributed by atoms with van der Waals surface area (Å²) in [6.07, 6.45) is 1.60. The van der Waals surface area contributed by atoms with Crippen molar-refractivity contribution in [2.45, 2.75) is 26.7 Å². The fraction of sp³-hybridized carbons (Fsp3) is 0.750. The molecule has 0 bridgehead atoms. The number of hydrogen-bond donors (Lipinski definition) is 2. The molecule has 1 rings (SSSR count). The van der Waals surface area contributed by atoms with Gasteiger partial charge in [-0.2, -0.15) is 4.98 Å². The number of methoxy groups -OCH3 is 1. The van der Waals surface area contributed by atoms with E-state index in [9.17, 15) is 0 Å². The Morgan fingerprint density at radius 1 is 1.40 bits per heavy atom. The highest BCUT2D eigenvalue weighted by atomic mass is 127. The molecule has 0 atom stereocenters. The molecule has 0 aromatic carbocycles. The van der Waals surface area contributed by atoms with Gasteiger partial charge >= 0.3 is 0 Å². The maximum atomic E-state index is 5.04. The predicted molar refractivity (Wildman–Crippen MR) is 88.6 cm³/mol. The van der Waals surface area contributed by atoms with Crippen LogP contribution in [0.2, 0.25) is 0 Å². The van der Waals surface area contributed by atoms with E-state index in [1.54, 1.807) is 7.11 Å². The minimum atomic E-state index is 0. The second kappa shape index (κ2) is 11.9. The lowest BCUT2D eigenvalue weighted by Gasteiger charge is -2.10. The smallest absolute Gasteiger partial charge is 0.228 e. The quantitative estimate of drug-likeness (QED) is 0.296. The average Bonchev–Trinajstić information content (AvgIpc) is 2.80. The second-order valence-corrected chi connectivity index (χ2v) is 4.02. The fourth-order valence-electron chi connectivity index (χ4n) is 1.47. The standard InChI is InChI=1S/C12H23N5O2.HI/c1-4-13-12(14-7-5-9-18-3)15-8-6-11-16-10(2)17-19-11;/h4-9H2,1-3H3,(H2,13,14,15);1H. The van der Waals surface area contributed by atoms with Gasteiger partial charge in [0.2, 0.25) is 5.89 Å². The summed E-state index contributed by atoms with van der Waals surface area (Å²) in [5, 5.41) is 10.2. The summed E-state index contributed by atoms with van der Waals surface area (Å²) in [5.41, 5.74) is 0. The van der Waals surface area contributed by atoms with Crippen molar-refractivity contribution >= 4 is 29.9 Å². The van der Waals surface area contributed by atoms with Crippen molar-refractivity contribution in [2.75, 3.05) is 33.4 Å². The summed E-state index contributed by atoms with van der Waals surface area (Å²) in [6, 6.07) is 0. The van der Waals surface area contributed by atoms with E-state index in [0.717, 1.165) is 32.1 Å². The van der Waals surface area contributed by atoms with Gasteiger partial charge in [0.1, 0.15) is 0 Å². The van der Waals surface area contributed by atoms with E-state index in [2.05, 4.69) is 25.8 Å². The Morgan fingerprint density at radius 2 is 2.20 bits per heavy atom. The number of nitrogens with one attached hydrogen (secondary N) is 2. The topological polar surface area (TPSA) is 84.6 Å². The molecule has 0 spiro atoms. The lowest BCUT2D eigenvalue weighted by Crippen LogP contribution is -2.38. The average molecular weight is 397 g/mol. The monoisotopic (exact) mass is 397 g/mol. The first-order valence-corrected chi connectivity index (χ1v) is 6.56. The van der Waals surface area contributed by atoms with Crippen LogP contribution >= 0.6 is 24.0 Å². The molecule has 0 radical (unpaired) electrons. The Bertz CT molecular complexity index is 384. The van der Waals surface area contributed by atoms with Crippen LogP contribution < -0.4 is 10.6 Å². The highest BCUT2D eigenvalue weighted by molar-refractivity contribution is 14.0. The zero-order valence-electron chi connectivity index (χ0n) is 12.3. The van der Waals surface area contributed by atoms with Crippen molar-refractivity contribution in [3.8, 4) is 0 Å². The lowest BCUT2D eigenvalue weighted by molar-refractivity contribution is 0.197. The molecule has 0 aliphatic heterocycles. The van der Waals surface area contributed by atoms with Gasteiger partial charge < -0.3 is 19.9 Å². The minimum absolute atomic E-state index is 0. The molecule has 2 N–H and O–H groups in total. The third-order valence-corrected chi connectivity index (χ3v) is 2.32. The van der Waals surface area contributed by atoms with E-state index in [1.807, 2.05) is 13.8 Å².